The zero-order valence-electron chi connectivity index (χ0n) is 20.8. The highest BCUT2D eigenvalue weighted by molar-refractivity contribution is 7.89. The van der Waals surface area contributed by atoms with E-state index in [1.165, 1.54) is 0 Å². The van der Waals surface area contributed by atoms with E-state index in [0.29, 0.717) is 41.8 Å². The Morgan fingerprint density at radius 1 is 1.16 bits per heavy atom. The van der Waals surface area contributed by atoms with Gasteiger partial charge < -0.3 is 19.7 Å². The Kier molecular flexibility index (Phi) is 8.11. The number of piperidine rings is 1. The maximum absolute atomic E-state index is 13.5. The van der Waals surface area contributed by atoms with Crippen molar-refractivity contribution in [2.75, 3.05) is 18.0 Å². The maximum atomic E-state index is 13.5. The predicted octanol–water partition coefficient (Wildman–Crippen LogP) is 4.94. The van der Waals surface area contributed by atoms with E-state index in [0.717, 1.165) is 24.9 Å². The van der Waals surface area contributed by atoms with E-state index in [-0.39, 0.29) is 17.3 Å². The van der Waals surface area contributed by atoms with Gasteiger partial charge in [-0.15, -0.1) is 12.4 Å². The van der Waals surface area contributed by atoms with Gasteiger partial charge in [-0.1, -0.05) is 18.0 Å². The van der Waals surface area contributed by atoms with Crippen LogP contribution in [0.3, 0.4) is 0 Å². The monoisotopic (exact) mass is 566 g/mol. The maximum Gasteiger partial charge on any atom is 0.243 e. The molecule has 3 aromatic rings. The average molecular weight is 568 g/mol. The fourth-order valence-corrected chi connectivity index (χ4v) is 6.71. The van der Waals surface area contributed by atoms with Gasteiger partial charge in [0.1, 0.15) is 23.3 Å². The molecule has 0 radical (unpaired) electrons. The van der Waals surface area contributed by atoms with Crippen LogP contribution in [-0.4, -0.2) is 52.6 Å². The number of H-pyrrole nitrogens is 1. The molecular formula is C26H32Cl2N4O4S. The molecule has 1 fully saturated rings. The molecule has 0 unspecified atom stereocenters. The number of anilines is 1. The van der Waals surface area contributed by atoms with Gasteiger partial charge in [0.15, 0.2) is 0 Å². The zero-order valence-corrected chi connectivity index (χ0v) is 23.2. The lowest BCUT2D eigenvalue weighted by Crippen LogP contribution is -2.53. The summed E-state index contributed by atoms with van der Waals surface area (Å²) in [6, 6.07) is 11.7. The van der Waals surface area contributed by atoms with Gasteiger partial charge in [0.2, 0.25) is 10.0 Å². The summed E-state index contributed by atoms with van der Waals surface area (Å²) < 4.78 is 34.7. The van der Waals surface area contributed by atoms with Crippen LogP contribution in [0.4, 0.5) is 5.69 Å². The normalized spacial score (nSPS) is 21.4. The van der Waals surface area contributed by atoms with Crippen LogP contribution in [0, 0.1) is 0 Å². The fraction of sp³-hybridized carbons (Fsp3) is 0.423. The van der Waals surface area contributed by atoms with E-state index < -0.39 is 27.8 Å². The number of aromatic amines is 1. The third-order valence-electron chi connectivity index (χ3n) is 7.01. The highest BCUT2D eigenvalue weighted by Crippen LogP contribution is 2.46. The molecule has 2 aliphatic rings. The van der Waals surface area contributed by atoms with Gasteiger partial charge in [0, 0.05) is 41.8 Å². The number of aliphatic hydroxyl groups excluding tert-OH is 1. The summed E-state index contributed by atoms with van der Waals surface area (Å²) in [5, 5.41) is 12.2. The standard InChI is InChI=1S/C26H31ClN4O4S.ClH/c1-26(2)25(32)24(31(17-23-28-12-13-29-23)19-8-6-18(27)7-9-19)21-16-20(10-11-22(21)35-26)36(33,34)30-14-4-3-5-15-30;/h6-13,16,24-25,32H,3-5,14-15,17H2,1-2H3,(H,28,29);1H/t24-,25+;/m1./s1. The number of aliphatic hydroxyl groups is 1. The lowest BCUT2D eigenvalue weighted by Gasteiger charge is -2.47. The SMILES string of the molecule is CC1(C)Oc2ccc(S(=O)(=O)N3CCCCC3)cc2[C@@H](N(Cc2ncc[nH]2)c2ccc(Cl)cc2)[C@@H]1O.Cl. The first kappa shape index (κ1) is 27.7. The molecule has 3 heterocycles. The number of ether oxygens (including phenoxy) is 1. The van der Waals surface area contributed by atoms with Gasteiger partial charge >= 0.3 is 0 Å². The van der Waals surface area contributed by atoms with Crippen molar-refractivity contribution in [1.82, 2.24) is 14.3 Å². The zero-order chi connectivity index (χ0) is 25.5. The first-order valence-electron chi connectivity index (χ1n) is 12.2. The van der Waals surface area contributed by atoms with Gasteiger partial charge in [-0.05, 0) is 69.2 Å². The van der Waals surface area contributed by atoms with Crippen LogP contribution in [0.1, 0.15) is 50.5 Å². The molecule has 8 nitrogen and oxygen atoms in total. The van der Waals surface area contributed by atoms with Crippen LogP contribution in [-0.2, 0) is 16.6 Å². The van der Waals surface area contributed by atoms with Crippen LogP contribution in [0.25, 0.3) is 0 Å². The first-order valence-corrected chi connectivity index (χ1v) is 14.0. The van der Waals surface area contributed by atoms with E-state index in [4.69, 9.17) is 16.3 Å². The Morgan fingerprint density at radius 3 is 2.51 bits per heavy atom. The van der Waals surface area contributed by atoms with E-state index in [1.807, 2.05) is 30.9 Å². The third kappa shape index (κ3) is 5.47. The second-order valence-electron chi connectivity index (χ2n) is 9.90. The molecule has 2 aromatic carbocycles. The number of fused-ring (bicyclic) bond motifs is 1. The number of hydrogen-bond donors (Lipinski definition) is 2. The minimum atomic E-state index is -3.67. The number of nitrogens with zero attached hydrogens (tertiary/aromatic N) is 3. The van der Waals surface area contributed by atoms with Gasteiger partial charge in [-0.25, -0.2) is 13.4 Å². The Balaban J connectivity index is 0.00000320. The third-order valence-corrected chi connectivity index (χ3v) is 9.15. The van der Waals surface area contributed by atoms with Crippen molar-refractivity contribution in [1.29, 1.82) is 0 Å². The number of imidazole rings is 1. The molecule has 0 saturated carbocycles. The van der Waals surface area contributed by atoms with Crippen LogP contribution in [0.5, 0.6) is 5.75 Å². The molecule has 200 valence electrons. The number of hydrogen-bond acceptors (Lipinski definition) is 6. The van der Waals surface area contributed by atoms with Crippen LogP contribution in [0.15, 0.2) is 59.8 Å². The summed E-state index contributed by atoms with van der Waals surface area (Å²) in [7, 11) is -3.67. The second kappa shape index (κ2) is 10.8. The number of rotatable bonds is 6. The molecule has 0 spiro atoms. The molecule has 5 rings (SSSR count). The molecule has 2 atom stereocenters. The molecule has 2 N–H and O–H groups in total. The number of halogens is 2. The number of benzene rings is 2. The van der Waals surface area contributed by atoms with Gasteiger partial charge in [-0.3, -0.25) is 0 Å². The second-order valence-corrected chi connectivity index (χ2v) is 12.3. The smallest absolute Gasteiger partial charge is 0.243 e. The molecule has 0 aliphatic carbocycles. The summed E-state index contributed by atoms with van der Waals surface area (Å²) in [5.41, 5.74) is 0.507. The Labute approximate surface area is 229 Å². The number of aromatic nitrogens is 2. The number of nitrogens with one attached hydrogen (secondary N) is 1. The molecule has 0 bridgehead atoms. The highest BCUT2D eigenvalue weighted by Gasteiger charge is 2.46. The van der Waals surface area contributed by atoms with Crippen LogP contribution in [0.2, 0.25) is 5.02 Å². The minimum absolute atomic E-state index is 0. The summed E-state index contributed by atoms with van der Waals surface area (Å²) in [6.07, 6.45) is 5.21. The Bertz CT molecular complexity index is 1310. The minimum Gasteiger partial charge on any atom is -0.485 e. The summed E-state index contributed by atoms with van der Waals surface area (Å²) in [4.78, 5) is 9.74. The predicted molar refractivity (Wildman–Crippen MR) is 146 cm³/mol. The van der Waals surface area contributed by atoms with Gasteiger partial charge in [0.25, 0.3) is 0 Å². The van der Waals surface area contributed by atoms with Crippen molar-refractivity contribution in [3.05, 3.63) is 71.3 Å². The first-order chi connectivity index (χ1) is 17.2. The van der Waals surface area contributed by atoms with Gasteiger partial charge in [0.05, 0.1) is 17.5 Å². The summed E-state index contributed by atoms with van der Waals surface area (Å²) >= 11 is 6.17. The molecule has 2 aliphatic heterocycles. The lowest BCUT2D eigenvalue weighted by atomic mass is 9.85. The van der Waals surface area contributed by atoms with Crippen molar-refractivity contribution in [2.24, 2.45) is 0 Å². The summed E-state index contributed by atoms with van der Waals surface area (Å²) in [6.45, 7) is 5.06. The van der Waals surface area contributed by atoms with E-state index in [2.05, 4.69) is 9.97 Å². The van der Waals surface area contributed by atoms with Crippen molar-refractivity contribution in [2.45, 2.75) is 62.3 Å². The molecule has 11 heteroatoms. The van der Waals surface area contributed by atoms with E-state index in [1.54, 1.807) is 47.0 Å². The molecule has 1 saturated heterocycles. The van der Waals surface area contributed by atoms with Crippen molar-refractivity contribution >= 4 is 39.7 Å². The topological polar surface area (TPSA) is 98.8 Å². The fourth-order valence-electron chi connectivity index (χ4n) is 5.03. The van der Waals surface area contributed by atoms with E-state index in [9.17, 15) is 13.5 Å². The largest absolute Gasteiger partial charge is 0.485 e. The Hall–Kier alpha value is -2.30. The van der Waals surface area contributed by atoms with E-state index >= 15 is 0 Å². The highest BCUT2D eigenvalue weighted by atomic mass is 35.5. The molecular weight excluding hydrogens is 535 g/mol. The Morgan fingerprint density at radius 2 is 1.86 bits per heavy atom. The van der Waals surface area contributed by atoms with Crippen LogP contribution < -0.4 is 9.64 Å². The average Bonchev–Trinajstić information content (AvgIpc) is 3.38. The quantitative estimate of drug-likeness (QED) is 0.438. The lowest BCUT2D eigenvalue weighted by molar-refractivity contribution is -0.0591. The molecule has 37 heavy (non-hydrogen) atoms. The molecule has 0 amide bonds. The van der Waals surface area contributed by atoms with Crippen molar-refractivity contribution in [3.8, 4) is 5.75 Å². The molecule has 1 aromatic heterocycles. The van der Waals surface area contributed by atoms with Crippen molar-refractivity contribution in [3.63, 3.8) is 0 Å². The van der Waals surface area contributed by atoms with Gasteiger partial charge in [-0.2, -0.15) is 4.31 Å². The number of sulfonamides is 1. The van der Waals surface area contributed by atoms with Crippen LogP contribution >= 0.6 is 24.0 Å². The summed E-state index contributed by atoms with van der Waals surface area (Å²) in [5.74, 6) is 1.26. The van der Waals surface area contributed by atoms with Crippen molar-refractivity contribution < 1.29 is 18.3 Å².